The topological polar surface area (TPSA) is 42.0 Å². The van der Waals surface area contributed by atoms with Gasteiger partial charge in [-0.3, -0.25) is 9.78 Å². The molecule has 2 aromatic heterocycles. The van der Waals surface area contributed by atoms with Gasteiger partial charge in [0.15, 0.2) is 0 Å². The van der Waals surface area contributed by atoms with Crippen molar-refractivity contribution < 1.29 is 9.18 Å². The van der Waals surface area contributed by atoms with E-state index in [1.165, 1.54) is 12.1 Å². The number of thiophene rings is 1. The molecule has 1 N–H and O–H groups in total. The van der Waals surface area contributed by atoms with Crippen molar-refractivity contribution in [3.63, 3.8) is 0 Å². The van der Waals surface area contributed by atoms with Gasteiger partial charge < -0.3 is 5.32 Å². The van der Waals surface area contributed by atoms with Gasteiger partial charge in [-0.1, -0.05) is 6.07 Å². The molecule has 0 radical (unpaired) electrons. The molecule has 1 aromatic carbocycles. The molecule has 23 heavy (non-hydrogen) atoms. The van der Waals surface area contributed by atoms with E-state index in [1.54, 1.807) is 23.6 Å². The van der Waals surface area contributed by atoms with Crippen LogP contribution < -0.4 is 5.32 Å². The maximum Gasteiger partial charge on any atom is 0.224 e. The van der Waals surface area contributed by atoms with Gasteiger partial charge in [-0.15, -0.1) is 11.3 Å². The summed E-state index contributed by atoms with van der Waals surface area (Å²) in [5.74, 6) is 0.192. The minimum atomic E-state index is -0.233. The van der Waals surface area contributed by atoms with Crippen LogP contribution in [-0.4, -0.2) is 10.9 Å². The van der Waals surface area contributed by atoms with Crippen molar-refractivity contribution in [1.82, 2.24) is 10.3 Å². The van der Waals surface area contributed by atoms with E-state index in [2.05, 4.69) is 10.3 Å². The van der Waals surface area contributed by atoms with Gasteiger partial charge in [-0.05, 0) is 53.6 Å². The number of nitrogens with zero attached hydrogens (tertiary/aromatic N) is 1. The van der Waals surface area contributed by atoms with Gasteiger partial charge in [0.2, 0.25) is 5.91 Å². The number of halogens is 1. The van der Waals surface area contributed by atoms with Crippen LogP contribution in [0.1, 0.15) is 22.8 Å². The molecule has 0 spiro atoms. The van der Waals surface area contributed by atoms with Gasteiger partial charge in [0.05, 0.1) is 6.54 Å². The number of hydrogen-bond acceptors (Lipinski definition) is 3. The van der Waals surface area contributed by atoms with Crippen LogP contribution >= 0.6 is 11.3 Å². The lowest BCUT2D eigenvalue weighted by atomic mass is 10.1. The van der Waals surface area contributed by atoms with Crippen LogP contribution in [0.2, 0.25) is 0 Å². The van der Waals surface area contributed by atoms with Crippen molar-refractivity contribution in [2.24, 2.45) is 5.92 Å². The molecule has 1 aliphatic rings. The number of carbonyl (C=O) groups is 1. The average molecular weight is 326 g/mol. The first-order chi connectivity index (χ1) is 11.2. The van der Waals surface area contributed by atoms with E-state index in [0.717, 1.165) is 26.9 Å². The van der Waals surface area contributed by atoms with Gasteiger partial charge >= 0.3 is 0 Å². The lowest BCUT2D eigenvalue weighted by Gasteiger charge is -2.03. The van der Waals surface area contributed by atoms with Gasteiger partial charge in [-0.2, -0.15) is 0 Å². The van der Waals surface area contributed by atoms with Crippen LogP contribution in [0.25, 0.3) is 10.1 Å². The molecule has 0 aliphatic heterocycles. The van der Waals surface area contributed by atoms with Crippen LogP contribution in [0.4, 0.5) is 4.39 Å². The molecule has 0 bridgehead atoms. The Labute approximate surface area is 137 Å². The smallest absolute Gasteiger partial charge is 0.224 e. The molecular weight excluding hydrogens is 311 g/mol. The molecule has 5 heteroatoms. The standard InChI is InChI=1S/C18H15FN2OS/c19-13-3-4-17-12(6-13)7-14(23-17)10-21-18(22)16-8-15(16)11-2-1-5-20-9-11/h1-7,9,15-16H,8,10H2,(H,21,22). The van der Waals surface area contributed by atoms with E-state index in [1.807, 2.05) is 24.4 Å². The van der Waals surface area contributed by atoms with E-state index in [4.69, 9.17) is 0 Å². The normalized spacial score (nSPS) is 19.7. The minimum Gasteiger partial charge on any atom is -0.351 e. The number of hydrogen-bond donors (Lipinski definition) is 1. The number of carbonyl (C=O) groups excluding carboxylic acids is 1. The van der Waals surface area contributed by atoms with E-state index >= 15 is 0 Å². The second kappa shape index (κ2) is 5.74. The lowest BCUT2D eigenvalue weighted by Crippen LogP contribution is -2.24. The molecule has 2 heterocycles. The lowest BCUT2D eigenvalue weighted by molar-refractivity contribution is -0.122. The monoisotopic (exact) mass is 326 g/mol. The first kappa shape index (κ1) is 14.3. The van der Waals surface area contributed by atoms with Crippen LogP contribution in [0, 0.1) is 11.7 Å². The Bertz CT molecular complexity index is 862. The summed E-state index contributed by atoms with van der Waals surface area (Å²) in [5.41, 5.74) is 1.13. The summed E-state index contributed by atoms with van der Waals surface area (Å²) in [5, 5.41) is 3.88. The van der Waals surface area contributed by atoms with Crippen molar-refractivity contribution in [3.05, 3.63) is 65.0 Å². The van der Waals surface area contributed by atoms with Crippen LogP contribution in [0.5, 0.6) is 0 Å². The van der Waals surface area contributed by atoms with Gasteiger partial charge in [0, 0.05) is 27.9 Å². The van der Waals surface area contributed by atoms with Crippen molar-refractivity contribution in [2.45, 2.75) is 18.9 Å². The predicted octanol–water partition coefficient (Wildman–Crippen LogP) is 3.86. The first-order valence-corrected chi connectivity index (χ1v) is 8.38. The maximum atomic E-state index is 13.2. The second-order valence-electron chi connectivity index (χ2n) is 5.85. The van der Waals surface area contributed by atoms with Crippen LogP contribution in [0.15, 0.2) is 48.8 Å². The Morgan fingerprint density at radius 3 is 3.09 bits per heavy atom. The fourth-order valence-corrected chi connectivity index (χ4v) is 3.89. The minimum absolute atomic E-state index is 0.0472. The van der Waals surface area contributed by atoms with E-state index in [9.17, 15) is 9.18 Å². The fourth-order valence-electron chi connectivity index (χ4n) is 2.91. The quantitative estimate of drug-likeness (QED) is 0.791. The maximum absolute atomic E-state index is 13.2. The summed E-state index contributed by atoms with van der Waals surface area (Å²) >= 11 is 1.59. The summed E-state index contributed by atoms with van der Waals surface area (Å²) < 4.78 is 14.2. The fraction of sp³-hybridized carbons (Fsp3) is 0.222. The number of aromatic nitrogens is 1. The zero-order chi connectivity index (χ0) is 15.8. The number of pyridine rings is 1. The van der Waals surface area contributed by atoms with E-state index < -0.39 is 0 Å². The summed E-state index contributed by atoms with van der Waals surface area (Å²) in [6, 6.07) is 10.6. The zero-order valence-corrected chi connectivity index (χ0v) is 13.1. The van der Waals surface area contributed by atoms with Crippen molar-refractivity contribution in [3.8, 4) is 0 Å². The molecule has 0 saturated heterocycles. The second-order valence-corrected chi connectivity index (χ2v) is 7.02. The Hall–Kier alpha value is -2.27. The Balaban J connectivity index is 1.38. The Morgan fingerprint density at radius 1 is 1.35 bits per heavy atom. The number of rotatable bonds is 4. The third-order valence-electron chi connectivity index (χ3n) is 4.21. The molecule has 1 amide bonds. The predicted molar refractivity (Wildman–Crippen MR) is 88.7 cm³/mol. The van der Waals surface area contributed by atoms with E-state index in [0.29, 0.717) is 12.5 Å². The molecule has 2 unspecified atom stereocenters. The summed E-state index contributed by atoms with van der Waals surface area (Å²) in [4.78, 5) is 17.4. The van der Waals surface area contributed by atoms with Gasteiger partial charge in [0.1, 0.15) is 5.82 Å². The van der Waals surface area contributed by atoms with Crippen molar-refractivity contribution in [1.29, 1.82) is 0 Å². The number of fused-ring (bicyclic) bond motifs is 1. The number of amides is 1. The molecule has 116 valence electrons. The van der Waals surface area contributed by atoms with Crippen molar-refractivity contribution >= 4 is 27.3 Å². The van der Waals surface area contributed by atoms with Gasteiger partial charge in [-0.25, -0.2) is 4.39 Å². The van der Waals surface area contributed by atoms with E-state index in [-0.39, 0.29) is 17.6 Å². The highest BCUT2D eigenvalue weighted by molar-refractivity contribution is 7.19. The van der Waals surface area contributed by atoms with Crippen LogP contribution in [0.3, 0.4) is 0 Å². The molecule has 2 atom stereocenters. The molecule has 1 fully saturated rings. The summed E-state index contributed by atoms with van der Waals surface area (Å²) in [6.07, 6.45) is 4.46. The zero-order valence-electron chi connectivity index (χ0n) is 12.3. The highest BCUT2D eigenvalue weighted by Gasteiger charge is 2.43. The van der Waals surface area contributed by atoms with Crippen LogP contribution in [-0.2, 0) is 11.3 Å². The third kappa shape index (κ3) is 2.97. The molecular formula is C18H15FN2OS. The molecule has 4 rings (SSSR count). The molecule has 3 nitrogen and oxygen atoms in total. The highest BCUT2D eigenvalue weighted by atomic mass is 32.1. The van der Waals surface area contributed by atoms with Gasteiger partial charge in [0.25, 0.3) is 0 Å². The summed E-state index contributed by atoms with van der Waals surface area (Å²) in [6.45, 7) is 0.496. The summed E-state index contributed by atoms with van der Waals surface area (Å²) in [7, 11) is 0. The number of benzene rings is 1. The third-order valence-corrected chi connectivity index (χ3v) is 5.32. The Morgan fingerprint density at radius 2 is 2.26 bits per heavy atom. The van der Waals surface area contributed by atoms with Crippen molar-refractivity contribution in [2.75, 3.05) is 0 Å². The Kier molecular flexibility index (Phi) is 3.58. The molecule has 1 saturated carbocycles. The largest absolute Gasteiger partial charge is 0.351 e. The first-order valence-electron chi connectivity index (χ1n) is 7.56. The highest BCUT2D eigenvalue weighted by Crippen LogP contribution is 2.47. The SMILES string of the molecule is O=C(NCc1cc2cc(F)ccc2s1)C1CC1c1cccnc1. The molecule has 1 aliphatic carbocycles. The average Bonchev–Trinajstić information content (AvgIpc) is 3.27. The molecule has 3 aromatic rings. The number of nitrogens with one attached hydrogen (secondary N) is 1.